The molecule has 0 aliphatic heterocycles. The van der Waals surface area contributed by atoms with E-state index in [1.807, 2.05) is 13.8 Å². The summed E-state index contributed by atoms with van der Waals surface area (Å²) in [6.45, 7) is 4.64. The predicted octanol–water partition coefficient (Wildman–Crippen LogP) is 0.485. The van der Waals surface area contributed by atoms with E-state index in [4.69, 9.17) is 11.1 Å². The zero-order valence-corrected chi connectivity index (χ0v) is 10.3. The standard InChI is InChI=1S/C9H18N4O2S/c1-6(2)3-4-12-9(15)13-7(14)5-16-8(10)11/h6H,3-5H2,1-2H3,(H3,10,11)(H2,12,13,14,15). The maximum absolute atomic E-state index is 11.1. The molecule has 92 valence electrons. The Morgan fingerprint density at radius 2 is 2.06 bits per heavy atom. The molecule has 16 heavy (non-hydrogen) atoms. The summed E-state index contributed by atoms with van der Waals surface area (Å²) in [5.41, 5.74) is 5.05. The number of amidine groups is 1. The van der Waals surface area contributed by atoms with Gasteiger partial charge in [0.15, 0.2) is 5.17 Å². The maximum Gasteiger partial charge on any atom is 0.321 e. The average Bonchev–Trinajstić information content (AvgIpc) is 2.14. The Kier molecular flexibility index (Phi) is 7.36. The number of hydrogen-bond acceptors (Lipinski definition) is 4. The molecule has 0 saturated carbocycles. The van der Waals surface area contributed by atoms with Gasteiger partial charge in [0.1, 0.15) is 0 Å². The molecule has 0 atom stereocenters. The minimum Gasteiger partial charge on any atom is -0.379 e. The Hall–Kier alpha value is -1.24. The van der Waals surface area contributed by atoms with Crippen LogP contribution in [0.1, 0.15) is 20.3 Å². The molecule has 0 radical (unpaired) electrons. The van der Waals surface area contributed by atoms with Crippen molar-refractivity contribution in [2.24, 2.45) is 11.7 Å². The molecule has 0 fully saturated rings. The molecule has 6 nitrogen and oxygen atoms in total. The van der Waals surface area contributed by atoms with E-state index in [2.05, 4.69) is 10.6 Å². The second kappa shape index (κ2) is 7.98. The largest absolute Gasteiger partial charge is 0.379 e. The first-order chi connectivity index (χ1) is 7.41. The van der Waals surface area contributed by atoms with Crippen LogP contribution in [0.4, 0.5) is 4.79 Å². The van der Waals surface area contributed by atoms with E-state index in [-0.39, 0.29) is 10.9 Å². The molecule has 0 aliphatic carbocycles. The molecule has 0 aromatic heterocycles. The van der Waals surface area contributed by atoms with Gasteiger partial charge in [-0.05, 0) is 12.3 Å². The summed E-state index contributed by atoms with van der Waals surface area (Å²) in [4.78, 5) is 22.3. The first kappa shape index (κ1) is 14.8. The Balaban J connectivity index is 3.62. The third-order valence-corrected chi connectivity index (χ3v) is 2.34. The fraction of sp³-hybridized carbons (Fsp3) is 0.667. The summed E-state index contributed by atoms with van der Waals surface area (Å²) in [7, 11) is 0. The van der Waals surface area contributed by atoms with Crippen molar-refractivity contribution in [1.82, 2.24) is 10.6 Å². The molecule has 0 aromatic rings. The Labute approximate surface area is 99.2 Å². The third kappa shape index (κ3) is 9.32. The van der Waals surface area contributed by atoms with Crippen molar-refractivity contribution in [2.75, 3.05) is 12.3 Å². The van der Waals surface area contributed by atoms with Gasteiger partial charge in [0.25, 0.3) is 0 Å². The van der Waals surface area contributed by atoms with E-state index in [1.54, 1.807) is 0 Å². The normalized spacial score (nSPS) is 9.94. The van der Waals surface area contributed by atoms with Crippen LogP contribution in [0.15, 0.2) is 0 Å². The molecule has 0 unspecified atom stereocenters. The highest BCUT2D eigenvalue weighted by molar-refractivity contribution is 8.14. The van der Waals surface area contributed by atoms with Gasteiger partial charge in [-0.1, -0.05) is 25.6 Å². The molecule has 0 heterocycles. The number of thioether (sulfide) groups is 1. The van der Waals surface area contributed by atoms with Gasteiger partial charge in [0, 0.05) is 6.54 Å². The first-order valence-electron chi connectivity index (χ1n) is 4.96. The van der Waals surface area contributed by atoms with Crippen LogP contribution in [-0.2, 0) is 4.79 Å². The zero-order chi connectivity index (χ0) is 12.6. The highest BCUT2D eigenvalue weighted by atomic mass is 32.2. The monoisotopic (exact) mass is 246 g/mol. The van der Waals surface area contributed by atoms with Gasteiger partial charge in [0.2, 0.25) is 5.91 Å². The number of imide groups is 1. The quantitative estimate of drug-likeness (QED) is 0.418. The molecule has 3 amide bonds. The highest BCUT2D eigenvalue weighted by Crippen LogP contribution is 1.97. The van der Waals surface area contributed by atoms with Crippen molar-refractivity contribution in [1.29, 1.82) is 5.41 Å². The van der Waals surface area contributed by atoms with Gasteiger partial charge < -0.3 is 11.1 Å². The minimum absolute atomic E-state index is 0.0209. The lowest BCUT2D eigenvalue weighted by Crippen LogP contribution is -2.41. The summed E-state index contributed by atoms with van der Waals surface area (Å²) < 4.78 is 0. The van der Waals surface area contributed by atoms with Crippen LogP contribution >= 0.6 is 11.8 Å². The van der Waals surface area contributed by atoms with Crippen molar-refractivity contribution in [3.63, 3.8) is 0 Å². The number of urea groups is 1. The average molecular weight is 246 g/mol. The first-order valence-corrected chi connectivity index (χ1v) is 5.95. The Morgan fingerprint density at radius 3 is 2.56 bits per heavy atom. The Morgan fingerprint density at radius 1 is 1.44 bits per heavy atom. The summed E-state index contributed by atoms with van der Waals surface area (Å²) in [5, 5.41) is 11.5. The molecule has 5 N–H and O–H groups in total. The number of rotatable bonds is 5. The molecule has 0 aromatic carbocycles. The summed E-state index contributed by atoms with van der Waals surface area (Å²) in [6, 6.07) is -0.505. The van der Waals surface area contributed by atoms with Crippen molar-refractivity contribution in [3.8, 4) is 0 Å². The van der Waals surface area contributed by atoms with Gasteiger partial charge in [-0.2, -0.15) is 0 Å². The van der Waals surface area contributed by atoms with Crippen molar-refractivity contribution < 1.29 is 9.59 Å². The molecule has 0 aliphatic rings. The second-order valence-corrected chi connectivity index (χ2v) is 4.66. The zero-order valence-electron chi connectivity index (χ0n) is 9.50. The predicted molar refractivity (Wildman–Crippen MR) is 65.4 cm³/mol. The molecule has 7 heteroatoms. The molecule has 0 rings (SSSR count). The molecule has 0 bridgehead atoms. The van der Waals surface area contributed by atoms with Gasteiger partial charge in [-0.25, -0.2) is 4.79 Å². The lowest BCUT2D eigenvalue weighted by Gasteiger charge is -2.07. The van der Waals surface area contributed by atoms with Crippen LogP contribution in [-0.4, -0.2) is 29.4 Å². The Bertz CT molecular complexity index is 268. The highest BCUT2D eigenvalue weighted by Gasteiger charge is 2.07. The minimum atomic E-state index is -0.505. The smallest absolute Gasteiger partial charge is 0.321 e. The number of hydrogen-bond donors (Lipinski definition) is 4. The van der Waals surface area contributed by atoms with Crippen molar-refractivity contribution >= 4 is 28.9 Å². The second-order valence-electron chi connectivity index (χ2n) is 3.64. The molecule has 0 saturated heterocycles. The SMILES string of the molecule is CC(C)CCNC(=O)NC(=O)CSC(=N)N. The van der Waals surface area contributed by atoms with Gasteiger partial charge in [-0.3, -0.25) is 15.5 Å². The summed E-state index contributed by atoms with van der Waals surface area (Å²) in [5.74, 6) is 0.0268. The van der Waals surface area contributed by atoms with Gasteiger partial charge in [-0.15, -0.1) is 0 Å². The number of nitrogens with one attached hydrogen (secondary N) is 3. The topological polar surface area (TPSA) is 108 Å². The van der Waals surface area contributed by atoms with E-state index in [0.717, 1.165) is 18.2 Å². The van der Waals surface area contributed by atoms with Crippen LogP contribution in [0.2, 0.25) is 0 Å². The van der Waals surface area contributed by atoms with Crippen molar-refractivity contribution in [3.05, 3.63) is 0 Å². The van der Waals surface area contributed by atoms with E-state index in [9.17, 15) is 9.59 Å². The van der Waals surface area contributed by atoms with E-state index >= 15 is 0 Å². The van der Waals surface area contributed by atoms with Gasteiger partial charge in [0.05, 0.1) is 5.75 Å². The number of carbonyl (C=O) groups is 2. The van der Waals surface area contributed by atoms with Crippen LogP contribution < -0.4 is 16.4 Å². The number of carbonyl (C=O) groups excluding carboxylic acids is 2. The fourth-order valence-corrected chi connectivity index (χ4v) is 1.18. The van der Waals surface area contributed by atoms with Crippen LogP contribution in [0.25, 0.3) is 0 Å². The van der Waals surface area contributed by atoms with Crippen LogP contribution in [0.3, 0.4) is 0 Å². The maximum atomic E-state index is 11.1. The molecular weight excluding hydrogens is 228 g/mol. The van der Waals surface area contributed by atoms with E-state index in [1.165, 1.54) is 0 Å². The van der Waals surface area contributed by atoms with Crippen molar-refractivity contribution in [2.45, 2.75) is 20.3 Å². The molecular formula is C9H18N4O2S. The van der Waals surface area contributed by atoms with Gasteiger partial charge >= 0.3 is 6.03 Å². The fourth-order valence-electron chi connectivity index (χ4n) is 0.825. The van der Waals surface area contributed by atoms with E-state index < -0.39 is 11.9 Å². The lowest BCUT2D eigenvalue weighted by molar-refractivity contribution is -0.117. The summed E-state index contributed by atoms with van der Waals surface area (Å²) >= 11 is 0.879. The van der Waals surface area contributed by atoms with Crippen LogP contribution in [0.5, 0.6) is 0 Å². The number of nitrogens with two attached hydrogens (primary N) is 1. The van der Waals surface area contributed by atoms with Crippen LogP contribution in [0, 0.1) is 11.3 Å². The summed E-state index contributed by atoms with van der Waals surface area (Å²) in [6.07, 6.45) is 0.865. The third-order valence-electron chi connectivity index (χ3n) is 1.62. The van der Waals surface area contributed by atoms with E-state index in [0.29, 0.717) is 12.5 Å². The molecule has 0 spiro atoms. The number of amides is 3. The lowest BCUT2D eigenvalue weighted by atomic mass is 10.1.